The molecule has 1 rings (SSSR count). The van der Waals surface area contributed by atoms with Gasteiger partial charge in [-0.25, -0.2) is 0 Å². The van der Waals surface area contributed by atoms with Crippen molar-refractivity contribution in [3.63, 3.8) is 0 Å². The Morgan fingerprint density at radius 1 is 1.62 bits per heavy atom. The van der Waals surface area contributed by atoms with Crippen molar-refractivity contribution in [2.45, 2.75) is 6.54 Å². The number of amides is 1. The first kappa shape index (κ1) is 12.8. The molecule has 0 saturated carbocycles. The van der Waals surface area contributed by atoms with Gasteiger partial charge in [-0.15, -0.1) is 0 Å². The Morgan fingerprint density at radius 3 is 2.88 bits per heavy atom. The molecular formula is C12H14BrNO2. The number of carbonyl (C=O) groups excluding carboxylic acids is 1. The van der Waals surface area contributed by atoms with Crippen molar-refractivity contribution in [2.24, 2.45) is 0 Å². The maximum atomic E-state index is 11.3. The van der Waals surface area contributed by atoms with Crippen LogP contribution >= 0.6 is 15.9 Å². The Hall–Kier alpha value is -1.29. The van der Waals surface area contributed by atoms with Crippen LogP contribution in [0, 0.1) is 0 Å². The minimum absolute atomic E-state index is 0.102. The number of rotatable bonds is 4. The minimum Gasteiger partial charge on any atom is -0.497 e. The van der Waals surface area contributed by atoms with E-state index in [4.69, 9.17) is 4.74 Å². The summed E-state index contributed by atoms with van der Waals surface area (Å²) >= 11 is 3.44. The van der Waals surface area contributed by atoms with Crippen LogP contribution in [0.5, 0.6) is 5.75 Å². The van der Waals surface area contributed by atoms with Crippen LogP contribution < -0.4 is 4.74 Å². The molecule has 0 radical (unpaired) electrons. The average molecular weight is 284 g/mol. The molecule has 0 atom stereocenters. The van der Waals surface area contributed by atoms with Crippen LogP contribution in [0.1, 0.15) is 5.56 Å². The molecule has 0 heterocycles. The SMILES string of the molecule is C=CC(=O)N(C)Cc1cc(OC)ccc1Br. The van der Waals surface area contributed by atoms with E-state index in [9.17, 15) is 4.79 Å². The number of nitrogens with zero attached hydrogens (tertiary/aromatic N) is 1. The highest BCUT2D eigenvalue weighted by Gasteiger charge is 2.08. The van der Waals surface area contributed by atoms with E-state index in [0.29, 0.717) is 6.54 Å². The van der Waals surface area contributed by atoms with Crippen molar-refractivity contribution in [3.05, 3.63) is 40.9 Å². The van der Waals surface area contributed by atoms with Gasteiger partial charge >= 0.3 is 0 Å². The molecule has 0 N–H and O–H groups in total. The summed E-state index contributed by atoms with van der Waals surface area (Å²) in [6, 6.07) is 5.67. The molecule has 0 aliphatic heterocycles. The molecule has 1 amide bonds. The summed E-state index contributed by atoms with van der Waals surface area (Å²) in [5.74, 6) is 0.673. The molecule has 3 nitrogen and oxygen atoms in total. The van der Waals surface area contributed by atoms with E-state index in [-0.39, 0.29) is 5.91 Å². The number of likely N-dealkylation sites (N-methyl/N-ethyl adjacent to an activating group) is 1. The van der Waals surface area contributed by atoms with Crippen molar-refractivity contribution in [3.8, 4) is 5.75 Å². The predicted molar refractivity (Wildman–Crippen MR) is 67.4 cm³/mol. The van der Waals surface area contributed by atoms with Gasteiger partial charge in [0, 0.05) is 18.1 Å². The smallest absolute Gasteiger partial charge is 0.245 e. The Bertz CT molecular complexity index is 404. The molecule has 1 aromatic rings. The minimum atomic E-state index is -0.102. The van der Waals surface area contributed by atoms with Gasteiger partial charge in [-0.2, -0.15) is 0 Å². The molecule has 0 unspecified atom stereocenters. The van der Waals surface area contributed by atoms with Gasteiger partial charge in [-0.05, 0) is 29.8 Å². The molecular weight excluding hydrogens is 270 g/mol. The highest BCUT2D eigenvalue weighted by atomic mass is 79.9. The van der Waals surface area contributed by atoms with Crippen molar-refractivity contribution >= 4 is 21.8 Å². The van der Waals surface area contributed by atoms with Gasteiger partial charge in [0.1, 0.15) is 5.75 Å². The zero-order valence-corrected chi connectivity index (χ0v) is 11.0. The molecule has 86 valence electrons. The lowest BCUT2D eigenvalue weighted by atomic mass is 10.2. The molecule has 4 heteroatoms. The van der Waals surface area contributed by atoms with Crippen LogP contribution in [0.25, 0.3) is 0 Å². The normalized spacial score (nSPS) is 9.69. The highest BCUT2D eigenvalue weighted by Crippen LogP contribution is 2.23. The molecule has 0 aromatic heterocycles. The fourth-order valence-electron chi connectivity index (χ4n) is 1.29. The Labute approximate surface area is 104 Å². The predicted octanol–water partition coefficient (Wildman–Crippen LogP) is 2.60. The number of hydrogen-bond donors (Lipinski definition) is 0. The molecule has 0 saturated heterocycles. The number of carbonyl (C=O) groups is 1. The van der Waals surface area contributed by atoms with Crippen LogP contribution in [-0.4, -0.2) is 25.0 Å². The zero-order valence-electron chi connectivity index (χ0n) is 9.37. The molecule has 0 aliphatic rings. The summed E-state index contributed by atoms with van der Waals surface area (Å²) in [6.07, 6.45) is 1.30. The molecule has 0 spiro atoms. The summed E-state index contributed by atoms with van der Waals surface area (Å²) in [4.78, 5) is 12.9. The molecule has 0 bridgehead atoms. The van der Waals surface area contributed by atoms with Crippen LogP contribution in [0.3, 0.4) is 0 Å². The van der Waals surface area contributed by atoms with Gasteiger partial charge in [0.15, 0.2) is 0 Å². The van der Waals surface area contributed by atoms with Gasteiger partial charge in [0.05, 0.1) is 7.11 Å². The maximum Gasteiger partial charge on any atom is 0.245 e. The lowest BCUT2D eigenvalue weighted by molar-refractivity contribution is -0.125. The highest BCUT2D eigenvalue weighted by molar-refractivity contribution is 9.10. The van der Waals surface area contributed by atoms with Gasteiger partial charge < -0.3 is 9.64 Å². The standard InChI is InChI=1S/C12H14BrNO2/c1-4-12(15)14(2)8-9-7-10(16-3)5-6-11(9)13/h4-7H,1,8H2,2-3H3. The van der Waals surface area contributed by atoms with E-state index in [1.165, 1.54) is 6.08 Å². The second kappa shape index (κ2) is 5.70. The lowest BCUT2D eigenvalue weighted by Crippen LogP contribution is -2.24. The Balaban J connectivity index is 2.87. The number of halogens is 1. The first-order chi connectivity index (χ1) is 7.58. The van der Waals surface area contributed by atoms with E-state index in [1.807, 2.05) is 18.2 Å². The van der Waals surface area contributed by atoms with Crippen molar-refractivity contribution in [1.29, 1.82) is 0 Å². The fourth-order valence-corrected chi connectivity index (χ4v) is 1.66. The van der Waals surface area contributed by atoms with Gasteiger partial charge in [0.2, 0.25) is 5.91 Å². The Morgan fingerprint density at radius 2 is 2.31 bits per heavy atom. The average Bonchev–Trinajstić information content (AvgIpc) is 2.30. The van der Waals surface area contributed by atoms with Crippen molar-refractivity contribution in [2.75, 3.05) is 14.2 Å². The fraction of sp³-hybridized carbons (Fsp3) is 0.250. The molecule has 1 aromatic carbocycles. The number of ether oxygens (including phenoxy) is 1. The quantitative estimate of drug-likeness (QED) is 0.795. The first-order valence-corrected chi connectivity index (χ1v) is 5.57. The summed E-state index contributed by atoms with van der Waals surface area (Å²) < 4.78 is 6.09. The van der Waals surface area contributed by atoms with E-state index in [0.717, 1.165) is 15.8 Å². The van der Waals surface area contributed by atoms with Crippen LogP contribution in [0.2, 0.25) is 0 Å². The second-order valence-corrected chi connectivity index (χ2v) is 4.21. The summed E-state index contributed by atoms with van der Waals surface area (Å²) in [5, 5.41) is 0. The van der Waals surface area contributed by atoms with Crippen LogP contribution in [0.4, 0.5) is 0 Å². The van der Waals surface area contributed by atoms with Crippen molar-refractivity contribution < 1.29 is 9.53 Å². The van der Waals surface area contributed by atoms with E-state index >= 15 is 0 Å². The topological polar surface area (TPSA) is 29.5 Å². The summed E-state index contributed by atoms with van der Waals surface area (Å²) in [6.45, 7) is 3.97. The maximum absolute atomic E-state index is 11.3. The third-order valence-electron chi connectivity index (χ3n) is 2.21. The second-order valence-electron chi connectivity index (χ2n) is 3.36. The summed E-state index contributed by atoms with van der Waals surface area (Å²) in [7, 11) is 3.35. The number of methoxy groups -OCH3 is 1. The summed E-state index contributed by atoms with van der Waals surface area (Å²) in [5.41, 5.74) is 0.997. The van der Waals surface area contributed by atoms with Gasteiger partial charge in [0.25, 0.3) is 0 Å². The zero-order chi connectivity index (χ0) is 12.1. The first-order valence-electron chi connectivity index (χ1n) is 4.78. The molecule has 0 aliphatic carbocycles. The number of hydrogen-bond acceptors (Lipinski definition) is 2. The van der Waals surface area contributed by atoms with E-state index in [2.05, 4.69) is 22.5 Å². The third-order valence-corrected chi connectivity index (χ3v) is 2.98. The van der Waals surface area contributed by atoms with E-state index in [1.54, 1.807) is 19.1 Å². The van der Waals surface area contributed by atoms with Crippen molar-refractivity contribution in [1.82, 2.24) is 4.90 Å². The van der Waals surface area contributed by atoms with Crippen LogP contribution in [0.15, 0.2) is 35.3 Å². The third kappa shape index (κ3) is 3.10. The monoisotopic (exact) mass is 283 g/mol. The van der Waals surface area contributed by atoms with Gasteiger partial charge in [-0.3, -0.25) is 4.79 Å². The Kier molecular flexibility index (Phi) is 4.55. The molecule has 0 fully saturated rings. The van der Waals surface area contributed by atoms with Crippen LogP contribution in [-0.2, 0) is 11.3 Å². The van der Waals surface area contributed by atoms with Gasteiger partial charge in [-0.1, -0.05) is 22.5 Å². The van der Waals surface area contributed by atoms with E-state index < -0.39 is 0 Å². The molecule has 16 heavy (non-hydrogen) atoms. The number of benzene rings is 1. The lowest BCUT2D eigenvalue weighted by Gasteiger charge is -2.16. The largest absolute Gasteiger partial charge is 0.497 e.